The topological polar surface area (TPSA) is 35.8 Å². The van der Waals surface area contributed by atoms with Gasteiger partial charge in [0.15, 0.2) is 0 Å². The minimum atomic E-state index is -0.500. The van der Waals surface area contributed by atoms with Crippen molar-refractivity contribution in [3.63, 3.8) is 0 Å². The first-order valence-corrected chi connectivity index (χ1v) is 6.68. The van der Waals surface area contributed by atoms with E-state index in [2.05, 4.69) is 5.32 Å². The number of benzene rings is 2. The first-order valence-electron chi connectivity index (χ1n) is 5.92. The molecular formula is C15H11Cl2FN2. The van der Waals surface area contributed by atoms with Gasteiger partial charge in [0.05, 0.1) is 22.7 Å². The monoisotopic (exact) mass is 308 g/mol. The molecule has 102 valence electrons. The summed E-state index contributed by atoms with van der Waals surface area (Å²) >= 11 is 11.7. The molecule has 0 amide bonds. The van der Waals surface area contributed by atoms with Crippen LogP contribution in [0.25, 0.3) is 0 Å². The summed E-state index contributed by atoms with van der Waals surface area (Å²) in [6.45, 7) is 1.87. The van der Waals surface area contributed by atoms with Crippen LogP contribution in [0.1, 0.15) is 24.1 Å². The first kappa shape index (κ1) is 14.6. The number of hydrogen-bond donors (Lipinski definition) is 1. The molecule has 1 N–H and O–H groups in total. The van der Waals surface area contributed by atoms with Crippen molar-refractivity contribution in [3.05, 3.63) is 63.4 Å². The van der Waals surface area contributed by atoms with Gasteiger partial charge in [0, 0.05) is 10.7 Å². The highest BCUT2D eigenvalue weighted by atomic mass is 35.5. The van der Waals surface area contributed by atoms with E-state index >= 15 is 0 Å². The van der Waals surface area contributed by atoms with Crippen LogP contribution in [0, 0.1) is 17.1 Å². The molecule has 0 aromatic heterocycles. The molecule has 0 aliphatic rings. The van der Waals surface area contributed by atoms with Gasteiger partial charge in [-0.25, -0.2) is 4.39 Å². The van der Waals surface area contributed by atoms with E-state index in [0.717, 1.165) is 5.69 Å². The van der Waals surface area contributed by atoms with Crippen LogP contribution < -0.4 is 5.32 Å². The second-order valence-electron chi connectivity index (χ2n) is 4.34. The van der Waals surface area contributed by atoms with Gasteiger partial charge in [0.1, 0.15) is 5.82 Å². The van der Waals surface area contributed by atoms with E-state index < -0.39 is 5.82 Å². The zero-order chi connectivity index (χ0) is 14.7. The largest absolute Gasteiger partial charge is 0.378 e. The van der Waals surface area contributed by atoms with E-state index in [0.29, 0.717) is 16.1 Å². The number of nitriles is 1. The predicted octanol–water partition coefficient (Wildman–Crippen LogP) is 5.18. The van der Waals surface area contributed by atoms with Gasteiger partial charge in [-0.15, -0.1) is 0 Å². The molecule has 0 fully saturated rings. The molecule has 1 atom stereocenters. The Morgan fingerprint density at radius 3 is 2.40 bits per heavy atom. The van der Waals surface area contributed by atoms with Crippen LogP contribution in [-0.4, -0.2) is 0 Å². The van der Waals surface area contributed by atoms with Crippen molar-refractivity contribution in [1.29, 1.82) is 5.26 Å². The van der Waals surface area contributed by atoms with Crippen molar-refractivity contribution in [2.24, 2.45) is 0 Å². The van der Waals surface area contributed by atoms with E-state index in [1.807, 2.05) is 13.0 Å². The summed E-state index contributed by atoms with van der Waals surface area (Å²) in [4.78, 5) is 0. The van der Waals surface area contributed by atoms with Crippen molar-refractivity contribution in [1.82, 2.24) is 0 Å². The number of nitrogens with zero attached hydrogens (tertiary/aromatic N) is 1. The van der Waals surface area contributed by atoms with Crippen molar-refractivity contribution < 1.29 is 4.39 Å². The van der Waals surface area contributed by atoms with Crippen molar-refractivity contribution in [3.8, 4) is 6.07 Å². The minimum Gasteiger partial charge on any atom is -0.378 e. The zero-order valence-corrected chi connectivity index (χ0v) is 12.1. The van der Waals surface area contributed by atoms with E-state index in [9.17, 15) is 4.39 Å². The fraction of sp³-hybridized carbons (Fsp3) is 0.133. The molecule has 5 heteroatoms. The maximum absolute atomic E-state index is 13.5. The third-order valence-corrected chi connectivity index (χ3v) is 3.52. The molecule has 1 unspecified atom stereocenters. The maximum Gasteiger partial charge on any atom is 0.142 e. The summed E-state index contributed by atoms with van der Waals surface area (Å²) in [7, 11) is 0. The summed E-state index contributed by atoms with van der Waals surface area (Å²) in [5.41, 5.74) is 2.03. The van der Waals surface area contributed by atoms with Crippen molar-refractivity contribution in [2.75, 3.05) is 5.32 Å². The average Bonchev–Trinajstić information content (AvgIpc) is 2.43. The van der Waals surface area contributed by atoms with E-state index in [-0.39, 0.29) is 11.1 Å². The second-order valence-corrected chi connectivity index (χ2v) is 5.16. The Bertz CT molecular complexity index is 663. The smallest absolute Gasteiger partial charge is 0.142 e. The van der Waals surface area contributed by atoms with Gasteiger partial charge in [0.2, 0.25) is 0 Å². The Kier molecular flexibility index (Phi) is 4.49. The highest BCUT2D eigenvalue weighted by Crippen LogP contribution is 2.30. The standard InChI is InChI=1S/C15H11Cl2FN2/c1-9(12-6-15(18)14(17)7-13(12)16)20-11-4-2-10(8-19)3-5-11/h2-7,9,20H,1H3. The van der Waals surface area contributed by atoms with Gasteiger partial charge >= 0.3 is 0 Å². The Balaban J connectivity index is 2.21. The lowest BCUT2D eigenvalue weighted by atomic mass is 10.1. The lowest BCUT2D eigenvalue weighted by Gasteiger charge is -2.17. The molecule has 0 saturated heterocycles. The second kappa shape index (κ2) is 6.13. The third-order valence-electron chi connectivity index (χ3n) is 2.90. The van der Waals surface area contributed by atoms with Crippen LogP contribution in [-0.2, 0) is 0 Å². The molecule has 20 heavy (non-hydrogen) atoms. The van der Waals surface area contributed by atoms with Crippen LogP contribution in [0.2, 0.25) is 10.0 Å². The number of rotatable bonds is 3. The SMILES string of the molecule is CC(Nc1ccc(C#N)cc1)c1cc(F)c(Cl)cc1Cl. The van der Waals surface area contributed by atoms with Crippen LogP contribution in [0.4, 0.5) is 10.1 Å². The van der Waals surface area contributed by atoms with Crippen molar-refractivity contribution >= 4 is 28.9 Å². The molecule has 0 spiro atoms. The van der Waals surface area contributed by atoms with Gasteiger partial charge < -0.3 is 5.32 Å². The molecule has 0 aliphatic heterocycles. The van der Waals surface area contributed by atoms with E-state index in [4.69, 9.17) is 28.5 Å². The molecule has 0 radical (unpaired) electrons. The van der Waals surface area contributed by atoms with Gasteiger partial charge in [-0.2, -0.15) is 5.26 Å². The summed E-state index contributed by atoms with van der Waals surface area (Å²) < 4.78 is 13.5. The Morgan fingerprint density at radius 2 is 1.80 bits per heavy atom. The van der Waals surface area contributed by atoms with Crippen molar-refractivity contribution in [2.45, 2.75) is 13.0 Å². The number of halogens is 3. The third kappa shape index (κ3) is 3.22. The van der Waals surface area contributed by atoms with Crippen LogP contribution in [0.15, 0.2) is 36.4 Å². The fourth-order valence-corrected chi connectivity index (χ4v) is 2.39. The zero-order valence-electron chi connectivity index (χ0n) is 10.6. The quantitative estimate of drug-likeness (QED) is 0.793. The normalized spacial score (nSPS) is 11.8. The molecule has 0 heterocycles. The Labute approximate surface area is 126 Å². The summed E-state index contributed by atoms with van der Waals surface area (Å²) in [6, 6.07) is 11.6. The van der Waals surface area contributed by atoms with Gasteiger partial charge in [-0.1, -0.05) is 23.2 Å². The Morgan fingerprint density at radius 1 is 1.15 bits per heavy atom. The van der Waals surface area contributed by atoms with Gasteiger partial charge in [-0.3, -0.25) is 0 Å². The van der Waals surface area contributed by atoms with Crippen LogP contribution in [0.3, 0.4) is 0 Å². The minimum absolute atomic E-state index is 0.00400. The number of anilines is 1. The lowest BCUT2D eigenvalue weighted by Crippen LogP contribution is -2.07. The predicted molar refractivity (Wildman–Crippen MR) is 79.6 cm³/mol. The van der Waals surface area contributed by atoms with Crippen LogP contribution >= 0.6 is 23.2 Å². The first-order chi connectivity index (χ1) is 9.51. The highest BCUT2D eigenvalue weighted by molar-refractivity contribution is 6.35. The van der Waals surface area contributed by atoms with Crippen LogP contribution in [0.5, 0.6) is 0 Å². The molecule has 2 aromatic rings. The molecule has 0 aliphatic carbocycles. The maximum atomic E-state index is 13.5. The number of hydrogen-bond acceptors (Lipinski definition) is 2. The van der Waals surface area contributed by atoms with E-state index in [1.165, 1.54) is 12.1 Å². The Hall–Kier alpha value is -1.76. The fourth-order valence-electron chi connectivity index (χ4n) is 1.84. The molecule has 2 nitrogen and oxygen atoms in total. The summed E-state index contributed by atoms with van der Waals surface area (Å²) in [6.07, 6.45) is 0. The molecule has 0 saturated carbocycles. The molecule has 0 bridgehead atoms. The lowest BCUT2D eigenvalue weighted by molar-refractivity contribution is 0.624. The molecule has 2 rings (SSSR count). The average molecular weight is 309 g/mol. The highest BCUT2D eigenvalue weighted by Gasteiger charge is 2.13. The summed E-state index contributed by atoms with van der Waals surface area (Å²) in [5.74, 6) is -0.500. The molecular weight excluding hydrogens is 298 g/mol. The summed E-state index contributed by atoms with van der Waals surface area (Å²) in [5, 5.41) is 12.3. The van der Waals surface area contributed by atoms with Gasteiger partial charge in [-0.05, 0) is 48.9 Å². The molecule has 2 aromatic carbocycles. The van der Waals surface area contributed by atoms with Gasteiger partial charge in [0.25, 0.3) is 0 Å². The number of nitrogens with one attached hydrogen (secondary N) is 1. The van der Waals surface area contributed by atoms with E-state index in [1.54, 1.807) is 24.3 Å².